The van der Waals surface area contributed by atoms with Crippen molar-refractivity contribution in [2.24, 2.45) is 0 Å². The number of aliphatic hydroxyl groups excluding tert-OH is 2. The van der Waals surface area contributed by atoms with Crippen molar-refractivity contribution in [2.45, 2.75) is 244 Å². The van der Waals surface area contributed by atoms with Crippen LogP contribution in [0.3, 0.4) is 0 Å². The minimum Gasteiger partial charge on any atom is -0.393 e. The predicted octanol–water partition coefficient (Wildman–Crippen LogP) is 12.5. The van der Waals surface area contributed by atoms with E-state index in [-0.39, 0.29) is 6.42 Å². The first kappa shape index (κ1) is 45.1. The summed E-state index contributed by atoms with van der Waals surface area (Å²) in [7, 11) is 0. The molecule has 0 aromatic carbocycles. The Kier molecular flexibility index (Phi) is 37.7. The molecule has 5 heteroatoms. The summed E-state index contributed by atoms with van der Waals surface area (Å²) in [4.78, 5) is 22.7. The Morgan fingerprint density at radius 1 is 0.413 bits per heavy atom. The van der Waals surface area contributed by atoms with Crippen LogP contribution in [0.25, 0.3) is 0 Å². The number of rotatable bonds is 38. The van der Waals surface area contributed by atoms with Gasteiger partial charge in [-0.05, 0) is 6.42 Å². The van der Waals surface area contributed by atoms with Gasteiger partial charge in [0.25, 0.3) is 0 Å². The summed E-state index contributed by atoms with van der Waals surface area (Å²) in [5.74, 6) is -1.69. The zero-order chi connectivity index (χ0) is 33.6. The van der Waals surface area contributed by atoms with Crippen LogP contribution in [0, 0.1) is 0 Å². The lowest BCUT2D eigenvalue weighted by atomic mass is 10.0. The standard InChI is InChI=1S/C41H80O5/c1-2-3-4-5-6-7-8-9-10-11-12-13-14-15-16-17-18-19-20-21-22-23-24-25-26-27-28-29-30-31-32-33-34-35-36-37-40(44)46-41(45)39(43)38-42/h39,42-43H,2-38H2,1H3. The summed E-state index contributed by atoms with van der Waals surface area (Å²) < 4.78 is 4.49. The van der Waals surface area contributed by atoms with Crippen molar-refractivity contribution in [1.29, 1.82) is 0 Å². The van der Waals surface area contributed by atoms with Crippen LogP contribution < -0.4 is 0 Å². The predicted molar refractivity (Wildman–Crippen MR) is 196 cm³/mol. The number of hydrogen-bond acceptors (Lipinski definition) is 5. The zero-order valence-corrected chi connectivity index (χ0v) is 30.9. The molecule has 274 valence electrons. The molecule has 0 heterocycles. The molecule has 0 saturated heterocycles. The molecule has 46 heavy (non-hydrogen) atoms. The number of hydrogen-bond donors (Lipinski definition) is 2. The maximum Gasteiger partial charge on any atom is 0.345 e. The SMILES string of the molecule is CCCCCCCCCCCCCCCCCCCCCCCCCCCCCCCCCCCCCC(=O)OC(=O)C(O)CO. The van der Waals surface area contributed by atoms with Gasteiger partial charge in [-0.25, -0.2) is 4.79 Å². The van der Waals surface area contributed by atoms with Crippen molar-refractivity contribution < 1.29 is 24.5 Å². The van der Waals surface area contributed by atoms with E-state index in [0.29, 0.717) is 6.42 Å². The number of ether oxygens (including phenoxy) is 1. The van der Waals surface area contributed by atoms with Gasteiger partial charge in [0.2, 0.25) is 0 Å². The van der Waals surface area contributed by atoms with Crippen LogP contribution in [0.2, 0.25) is 0 Å². The van der Waals surface area contributed by atoms with Crippen molar-refractivity contribution in [2.75, 3.05) is 6.61 Å². The Labute approximate surface area is 286 Å². The van der Waals surface area contributed by atoms with Gasteiger partial charge in [-0.15, -0.1) is 0 Å². The summed E-state index contributed by atoms with van der Waals surface area (Å²) in [6.45, 7) is 1.57. The second kappa shape index (κ2) is 38.5. The number of carbonyl (C=O) groups excluding carboxylic acids is 2. The number of esters is 2. The van der Waals surface area contributed by atoms with Crippen molar-refractivity contribution >= 4 is 11.9 Å². The maximum atomic E-state index is 11.5. The van der Waals surface area contributed by atoms with Crippen molar-refractivity contribution in [3.63, 3.8) is 0 Å². The van der Waals surface area contributed by atoms with Crippen molar-refractivity contribution in [3.05, 3.63) is 0 Å². The molecule has 0 aliphatic carbocycles. The number of unbranched alkanes of at least 4 members (excludes halogenated alkanes) is 34. The van der Waals surface area contributed by atoms with Crippen LogP contribution in [0.5, 0.6) is 0 Å². The molecule has 2 N–H and O–H groups in total. The molecule has 0 spiro atoms. The first-order valence-corrected chi connectivity index (χ1v) is 20.6. The molecule has 1 atom stereocenters. The lowest BCUT2D eigenvalue weighted by Gasteiger charge is -2.06. The minimum atomic E-state index is -1.63. The Morgan fingerprint density at radius 2 is 0.630 bits per heavy atom. The second-order valence-corrected chi connectivity index (χ2v) is 14.3. The van der Waals surface area contributed by atoms with E-state index in [1.807, 2.05) is 0 Å². The maximum absolute atomic E-state index is 11.5. The fourth-order valence-corrected chi connectivity index (χ4v) is 6.48. The third-order valence-corrected chi connectivity index (χ3v) is 9.64. The van der Waals surface area contributed by atoms with Crippen LogP contribution in [-0.2, 0) is 14.3 Å². The summed E-state index contributed by atoms with van der Waals surface area (Å²) in [5, 5.41) is 17.8. The summed E-state index contributed by atoms with van der Waals surface area (Å²) in [6.07, 6.45) is 46.8. The molecule has 0 bridgehead atoms. The van der Waals surface area contributed by atoms with E-state index in [1.165, 1.54) is 205 Å². The van der Waals surface area contributed by atoms with Gasteiger partial charge in [-0.2, -0.15) is 0 Å². The van der Waals surface area contributed by atoms with E-state index in [2.05, 4.69) is 11.7 Å². The topological polar surface area (TPSA) is 83.8 Å². The van der Waals surface area contributed by atoms with Gasteiger partial charge in [0.1, 0.15) is 0 Å². The average molecular weight is 653 g/mol. The van der Waals surface area contributed by atoms with Gasteiger partial charge in [0, 0.05) is 6.42 Å². The minimum absolute atomic E-state index is 0.184. The summed E-state index contributed by atoms with van der Waals surface area (Å²) in [5.41, 5.74) is 0. The molecule has 1 unspecified atom stereocenters. The molecule has 0 saturated carbocycles. The Morgan fingerprint density at radius 3 is 0.848 bits per heavy atom. The highest BCUT2D eigenvalue weighted by Gasteiger charge is 2.18. The number of aliphatic hydroxyl groups is 2. The van der Waals surface area contributed by atoms with Gasteiger partial charge in [-0.1, -0.05) is 225 Å². The summed E-state index contributed by atoms with van der Waals surface area (Å²) in [6, 6.07) is 0. The fraction of sp³-hybridized carbons (Fsp3) is 0.951. The highest BCUT2D eigenvalue weighted by atomic mass is 16.6. The van der Waals surface area contributed by atoms with E-state index in [4.69, 9.17) is 10.2 Å². The fourth-order valence-electron chi connectivity index (χ4n) is 6.48. The molecule has 0 aromatic rings. The molecule has 0 radical (unpaired) electrons. The largest absolute Gasteiger partial charge is 0.393 e. The Hall–Kier alpha value is -0.940. The monoisotopic (exact) mass is 653 g/mol. The Bertz CT molecular complexity index is 622. The molecule has 0 fully saturated rings. The van der Waals surface area contributed by atoms with Gasteiger partial charge in [0.15, 0.2) is 6.10 Å². The molecular weight excluding hydrogens is 572 g/mol. The van der Waals surface area contributed by atoms with Crippen LogP contribution in [0.1, 0.15) is 238 Å². The van der Waals surface area contributed by atoms with E-state index in [9.17, 15) is 9.59 Å². The van der Waals surface area contributed by atoms with E-state index in [1.54, 1.807) is 0 Å². The third kappa shape index (κ3) is 35.9. The van der Waals surface area contributed by atoms with Gasteiger partial charge in [-0.3, -0.25) is 4.79 Å². The Balaban J connectivity index is 3.12. The van der Waals surface area contributed by atoms with E-state index < -0.39 is 24.6 Å². The molecule has 0 aromatic heterocycles. The molecule has 5 nitrogen and oxygen atoms in total. The van der Waals surface area contributed by atoms with E-state index in [0.717, 1.165) is 12.8 Å². The smallest absolute Gasteiger partial charge is 0.345 e. The molecule has 0 rings (SSSR count). The zero-order valence-electron chi connectivity index (χ0n) is 30.9. The lowest BCUT2D eigenvalue weighted by molar-refractivity contribution is -0.167. The van der Waals surface area contributed by atoms with Gasteiger partial charge >= 0.3 is 11.9 Å². The van der Waals surface area contributed by atoms with Gasteiger partial charge in [0.05, 0.1) is 6.61 Å². The van der Waals surface area contributed by atoms with Crippen LogP contribution in [-0.4, -0.2) is 34.9 Å². The highest BCUT2D eigenvalue weighted by Crippen LogP contribution is 2.17. The van der Waals surface area contributed by atoms with Crippen LogP contribution in [0.4, 0.5) is 0 Å². The van der Waals surface area contributed by atoms with Crippen LogP contribution in [0.15, 0.2) is 0 Å². The average Bonchev–Trinajstić information content (AvgIpc) is 3.06. The molecule has 0 amide bonds. The van der Waals surface area contributed by atoms with Crippen LogP contribution >= 0.6 is 0 Å². The number of carbonyl (C=O) groups is 2. The normalized spacial score (nSPS) is 12.1. The van der Waals surface area contributed by atoms with Gasteiger partial charge < -0.3 is 14.9 Å². The summed E-state index contributed by atoms with van der Waals surface area (Å²) >= 11 is 0. The van der Waals surface area contributed by atoms with E-state index >= 15 is 0 Å². The molecular formula is C41H80O5. The third-order valence-electron chi connectivity index (χ3n) is 9.64. The quantitative estimate of drug-likeness (QED) is 0.0394. The first-order chi connectivity index (χ1) is 22.6. The second-order valence-electron chi connectivity index (χ2n) is 14.3. The molecule has 0 aliphatic rings. The first-order valence-electron chi connectivity index (χ1n) is 20.6. The molecule has 0 aliphatic heterocycles. The highest BCUT2D eigenvalue weighted by molar-refractivity contribution is 5.87. The van der Waals surface area contributed by atoms with Crippen molar-refractivity contribution in [1.82, 2.24) is 0 Å². The van der Waals surface area contributed by atoms with Crippen molar-refractivity contribution in [3.8, 4) is 0 Å². The lowest BCUT2D eigenvalue weighted by Crippen LogP contribution is -2.28.